The number of carbonyl (C=O) groups excluding carboxylic acids is 1. The molecule has 222 valence electrons. The third kappa shape index (κ3) is 6.53. The molecule has 0 spiro atoms. The van der Waals surface area contributed by atoms with Gasteiger partial charge in [0.05, 0.1) is 33.5 Å². The second-order valence-electron chi connectivity index (χ2n) is 9.99. The highest BCUT2D eigenvalue weighted by Gasteiger charge is 2.35. The van der Waals surface area contributed by atoms with E-state index in [0.29, 0.717) is 42.1 Å². The second kappa shape index (κ2) is 13.0. The van der Waals surface area contributed by atoms with Crippen molar-refractivity contribution >= 4 is 55.2 Å². The van der Waals surface area contributed by atoms with Crippen molar-refractivity contribution in [1.29, 1.82) is 0 Å². The Labute approximate surface area is 268 Å². The lowest BCUT2D eigenvalue weighted by molar-refractivity contribution is -0.143. The van der Waals surface area contributed by atoms with Crippen LogP contribution < -0.4 is 24.4 Å². The maximum Gasteiger partial charge on any atom is 0.338 e. The first-order valence-corrected chi connectivity index (χ1v) is 15.7. The predicted molar refractivity (Wildman–Crippen MR) is 171 cm³/mol. The summed E-state index contributed by atoms with van der Waals surface area (Å²) in [7, 11) is 1.54. The van der Waals surface area contributed by atoms with E-state index in [4.69, 9.17) is 14.2 Å². The summed E-state index contributed by atoms with van der Waals surface area (Å²) < 4.78 is 34.4. The molecule has 2 heterocycles. The number of fused-ring (bicyclic) bond motifs is 1. The average molecular weight is 730 g/mol. The Morgan fingerprint density at radius 2 is 1.86 bits per heavy atom. The van der Waals surface area contributed by atoms with Crippen LogP contribution in [0.1, 0.15) is 43.5 Å². The monoisotopic (exact) mass is 728 g/mol. The van der Waals surface area contributed by atoms with Gasteiger partial charge in [0.1, 0.15) is 30.0 Å². The van der Waals surface area contributed by atoms with Crippen molar-refractivity contribution in [3.63, 3.8) is 0 Å². The predicted octanol–water partition coefficient (Wildman–Crippen LogP) is 6.44. The van der Waals surface area contributed by atoms with Crippen molar-refractivity contribution in [3.05, 3.63) is 123 Å². The summed E-state index contributed by atoms with van der Waals surface area (Å²) in [5.41, 5.74) is 2.22. The van der Waals surface area contributed by atoms with E-state index in [-0.39, 0.29) is 29.7 Å². The Morgan fingerprint density at radius 1 is 1.12 bits per heavy atom. The summed E-state index contributed by atoms with van der Waals surface area (Å²) in [6.07, 6.45) is 1.40. The number of methoxy groups -OCH3 is 1. The van der Waals surface area contributed by atoms with Crippen LogP contribution in [0.3, 0.4) is 0 Å². The Bertz CT molecular complexity index is 1930. The van der Waals surface area contributed by atoms with Crippen LogP contribution in [0, 0.1) is 5.82 Å². The van der Waals surface area contributed by atoms with E-state index < -0.39 is 12.0 Å². The van der Waals surface area contributed by atoms with Crippen LogP contribution in [0.25, 0.3) is 6.08 Å². The van der Waals surface area contributed by atoms with E-state index in [1.807, 2.05) is 24.3 Å². The summed E-state index contributed by atoms with van der Waals surface area (Å²) in [5, 5.41) is 0. The van der Waals surface area contributed by atoms with Crippen LogP contribution in [0.15, 0.2) is 90.7 Å². The number of carbonyl (C=O) groups is 1. The van der Waals surface area contributed by atoms with Crippen molar-refractivity contribution in [2.45, 2.75) is 39.5 Å². The normalized spacial score (nSPS) is 14.9. The molecule has 0 N–H and O–H groups in total. The van der Waals surface area contributed by atoms with Gasteiger partial charge in [-0.2, -0.15) is 0 Å². The van der Waals surface area contributed by atoms with E-state index in [9.17, 15) is 14.0 Å². The maximum atomic E-state index is 14.0. The summed E-state index contributed by atoms with van der Waals surface area (Å²) in [6, 6.07) is 16.5. The van der Waals surface area contributed by atoms with Crippen molar-refractivity contribution in [2.75, 3.05) is 7.11 Å². The number of benzene rings is 3. The van der Waals surface area contributed by atoms with Crippen LogP contribution in [0.2, 0.25) is 0 Å². The van der Waals surface area contributed by atoms with E-state index in [0.717, 1.165) is 10.0 Å². The number of hydrogen-bond acceptors (Lipinski definition) is 7. The molecule has 0 unspecified atom stereocenters. The van der Waals surface area contributed by atoms with Crippen molar-refractivity contribution in [3.8, 4) is 11.5 Å². The summed E-state index contributed by atoms with van der Waals surface area (Å²) in [6.45, 7) is 5.35. The smallest absolute Gasteiger partial charge is 0.338 e. The van der Waals surface area contributed by atoms with Gasteiger partial charge in [0.2, 0.25) is 0 Å². The molecule has 0 saturated heterocycles. The molecular formula is C32H27Br2FN2O5S. The van der Waals surface area contributed by atoms with E-state index in [1.54, 1.807) is 64.3 Å². The molecule has 1 aliphatic rings. The van der Waals surface area contributed by atoms with Crippen molar-refractivity contribution in [1.82, 2.24) is 4.57 Å². The van der Waals surface area contributed by atoms with E-state index in [2.05, 4.69) is 36.9 Å². The number of esters is 1. The topological polar surface area (TPSA) is 79.1 Å². The lowest BCUT2D eigenvalue weighted by atomic mass is 9.95. The minimum absolute atomic E-state index is 0.0726. The molecule has 0 radical (unpaired) electrons. The summed E-state index contributed by atoms with van der Waals surface area (Å²) >= 11 is 8.27. The minimum Gasteiger partial charge on any atom is -0.496 e. The van der Waals surface area contributed by atoms with Crippen molar-refractivity contribution < 1.29 is 23.4 Å². The fourth-order valence-electron chi connectivity index (χ4n) is 4.72. The zero-order chi connectivity index (χ0) is 30.8. The molecule has 3 aromatic carbocycles. The number of nitrogens with zero attached hydrogens (tertiary/aromatic N) is 2. The molecule has 0 fully saturated rings. The van der Waals surface area contributed by atoms with Gasteiger partial charge >= 0.3 is 5.97 Å². The molecule has 0 aliphatic carbocycles. The van der Waals surface area contributed by atoms with Gasteiger partial charge in [0, 0.05) is 15.6 Å². The van der Waals surface area contributed by atoms with E-state index >= 15 is 0 Å². The lowest BCUT2D eigenvalue weighted by Crippen LogP contribution is -2.40. The standard InChI is InChI=1S/C32H27Br2FN2O5S/c1-17(2)42-31(39)28-18(3)36-32-37(29(28)22-15-21(33)10-12-25(22)40-4)30(38)27(43-32)14-19-9-11-26(23(34)13-19)41-16-20-7-5-6-8-24(20)35/h5-15,17,29H,16H2,1-4H3/b27-14-/t29-/m1/s1. The Balaban J connectivity index is 1.57. The quantitative estimate of drug-likeness (QED) is 0.195. The number of thiazole rings is 1. The molecule has 4 aromatic rings. The largest absolute Gasteiger partial charge is 0.496 e. The lowest BCUT2D eigenvalue weighted by Gasteiger charge is -2.26. The summed E-state index contributed by atoms with van der Waals surface area (Å²) in [5.74, 6) is 0.169. The average Bonchev–Trinajstić information content (AvgIpc) is 3.26. The van der Waals surface area contributed by atoms with Gasteiger partial charge < -0.3 is 14.2 Å². The number of rotatable bonds is 8. The molecule has 11 heteroatoms. The molecule has 5 rings (SSSR count). The van der Waals surface area contributed by atoms with Gasteiger partial charge in [-0.3, -0.25) is 9.36 Å². The first kappa shape index (κ1) is 30.9. The maximum absolute atomic E-state index is 14.0. The Kier molecular flexibility index (Phi) is 9.33. The minimum atomic E-state index is -0.821. The molecule has 0 saturated carbocycles. The molecule has 7 nitrogen and oxygen atoms in total. The number of aromatic nitrogens is 1. The molecule has 1 aliphatic heterocycles. The van der Waals surface area contributed by atoms with Crippen LogP contribution in [0.4, 0.5) is 4.39 Å². The first-order valence-electron chi connectivity index (χ1n) is 13.3. The van der Waals surface area contributed by atoms with Gasteiger partial charge in [-0.1, -0.05) is 51.5 Å². The van der Waals surface area contributed by atoms with Gasteiger partial charge in [-0.15, -0.1) is 0 Å². The second-order valence-corrected chi connectivity index (χ2v) is 12.8. The number of halogens is 3. The third-order valence-electron chi connectivity index (χ3n) is 6.67. The number of hydrogen-bond donors (Lipinski definition) is 0. The molecular weight excluding hydrogens is 703 g/mol. The van der Waals surface area contributed by atoms with Gasteiger partial charge in [-0.05, 0) is 84.7 Å². The Hall–Kier alpha value is -3.54. The zero-order valence-corrected chi connectivity index (χ0v) is 27.7. The molecule has 0 bridgehead atoms. The first-order chi connectivity index (χ1) is 20.6. The van der Waals surface area contributed by atoms with Crippen LogP contribution in [-0.2, 0) is 16.1 Å². The van der Waals surface area contributed by atoms with Crippen LogP contribution >= 0.6 is 43.2 Å². The van der Waals surface area contributed by atoms with Crippen molar-refractivity contribution in [2.24, 2.45) is 4.99 Å². The number of allylic oxidation sites excluding steroid dienone is 1. The zero-order valence-electron chi connectivity index (χ0n) is 23.7. The fourth-order valence-corrected chi connectivity index (χ4v) is 6.66. The Morgan fingerprint density at radius 3 is 2.56 bits per heavy atom. The molecule has 1 atom stereocenters. The molecule has 43 heavy (non-hydrogen) atoms. The summed E-state index contributed by atoms with van der Waals surface area (Å²) in [4.78, 5) is 32.5. The van der Waals surface area contributed by atoms with Gasteiger partial charge in [-0.25, -0.2) is 14.2 Å². The highest BCUT2D eigenvalue weighted by Crippen LogP contribution is 2.37. The van der Waals surface area contributed by atoms with Crippen LogP contribution in [-0.4, -0.2) is 23.8 Å². The SMILES string of the molecule is COc1ccc(Br)cc1[C@@H]1C(C(=O)OC(C)C)=C(C)N=c2s/c(=C\c3ccc(OCc4ccccc4F)c(Br)c3)c(=O)n21. The highest BCUT2D eigenvalue weighted by atomic mass is 79.9. The number of ether oxygens (including phenoxy) is 3. The van der Waals surface area contributed by atoms with Gasteiger partial charge in [0.25, 0.3) is 5.56 Å². The third-order valence-corrected chi connectivity index (χ3v) is 8.76. The fraction of sp³-hybridized carbons (Fsp3) is 0.219. The van der Waals surface area contributed by atoms with E-state index in [1.165, 1.54) is 22.0 Å². The van der Waals surface area contributed by atoms with Crippen LogP contribution in [0.5, 0.6) is 11.5 Å². The molecule has 1 aromatic heterocycles. The van der Waals surface area contributed by atoms with Gasteiger partial charge in [0.15, 0.2) is 4.80 Å². The highest BCUT2D eigenvalue weighted by molar-refractivity contribution is 9.10. The molecule has 0 amide bonds.